The molecule has 0 aromatic heterocycles. The first-order chi connectivity index (χ1) is 4.99. The first-order valence-electron chi connectivity index (χ1n) is 3.93. The summed E-state index contributed by atoms with van der Waals surface area (Å²) in [6, 6.07) is 0.431. The van der Waals surface area contributed by atoms with E-state index in [1.807, 2.05) is 0 Å². The van der Waals surface area contributed by atoms with Crippen LogP contribution in [0.15, 0.2) is 0 Å². The van der Waals surface area contributed by atoms with Crippen LogP contribution in [0.1, 0.15) is 27.2 Å². The minimum Gasteiger partial charge on any atom is -0.375 e. The van der Waals surface area contributed by atoms with Gasteiger partial charge in [0.2, 0.25) is 0 Å². The van der Waals surface area contributed by atoms with E-state index < -0.39 is 0 Å². The highest BCUT2D eigenvalue weighted by atomic mass is 32.1. The predicted molar refractivity (Wildman–Crippen MR) is 49.8 cm³/mol. The van der Waals surface area contributed by atoms with Crippen molar-refractivity contribution in [3.05, 3.63) is 0 Å². The van der Waals surface area contributed by atoms with Crippen LogP contribution in [0.4, 0.5) is 0 Å². The fourth-order valence-electron chi connectivity index (χ4n) is 1.42. The van der Waals surface area contributed by atoms with Gasteiger partial charge in [0.25, 0.3) is 0 Å². The molecule has 1 aliphatic heterocycles. The third-order valence-electron chi connectivity index (χ3n) is 1.80. The molecule has 0 spiro atoms. The molecule has 1 unspecified atom stereocenters. The van der Waals surface area contributed by atoms with Crippen LogP contribution in [0, 0.1) is 0 Å². The predicted octanol–water partition coefficient (Wildman–Crippen LogP) is 1.49. The Balaban J connectivity index is 2.60. The van der Waals surface area contributed by atoms with Crippen molar-refractivity contribution in [3.63, 3.8) is 0 Å². The van der Waals surface area contributed by atoms with E-state index in [-0.39, 0.29) is 5.60 Å². The molecule has 11 heavy (non-hydrogen) atoms. The van der Waals surface area contributed by atoms with Crippen LogP contribution in [0.25, 0.3) is 0 Å². The second kappa shape index (κ2) is 3.07. The van der Waals surface area contributed by atoms with Gasteiger partial charge >= 0.3 is 0 Å². The van der Waals surface area contributed by atoms with Gasteiger partial charge in [0, 0.05) is 6.04 Å². The molecule has 0 aliphatic carbocycles. The molecule has 0 saturated carbocycles. The molecular weight excluding hydrogens is 158 g/mol. The Hall–Kier alpha value is -0.150. The zero-order valence-corrected chi connectivity index (χ0v) is 8.12. The third-order valence-corrected chi connectivity index (χ3v) is 2.03. The molecule has 1 atom stereocenters. The highest BCUT2D eigenvalue weighted by Gasteiger charge is 2.25. The lowest BCUT2D eigenvalue weighted by atomic mass is 10.0. The van der Waals surface area contributed by atoms with E-state index >= 15 is 0 Å². The first kappa shape index (κ1) is 8.94. The Morgan fingerprint density at radius 1 is 1.64 bits per heavy atom. The minimum absolute atomic E-state index is 0.0347. The van der Waals surface area contributed by atoms with E-state index in [2.05, 4.69) is 26.1 Å². The van der Waals surface area contributed by atoms with Gasteiger partial charge in [-0.05, 0) is 27.2 Å². The van der Waals surface area contributed by atoms with E-state index in [9.17, 15) is 0 Å². The maximum atomic E-state index is 5.57. The molecule has 0 bridgehead atoms. The summed E-state index contributed by atoms with van der Waals surface area (Å²) in [6.45, 7) is 6.88. The van der Waals surface area contributed by atoms with E-state index in [0.29, 0.717) is 12.6 Å². The van der Waals surface area contributed by atoms with Crippen LogP contribution in [-0.4, -0.2) is 23.2 Å². The molecule has 1 fully saturated rings. The van der Waals surface area contributed by atoms with Gasteiger partial charge in [-0.1, -0.05) is 12.2 Å². The summed E-state index contributed by atoms with van der Waals surface area (Å²) >= 11 is 5.04. The summed E-state index contributed by atoms with van der Waals surface area (Å²) in [6.07, 6.45) is 1.01. The molecule has 1 rings (SSSR count). The van der Waals surface area contributed by atoms with Gasteiger partial charge in [0.15, 0.2) is 0 Å². The molecule has 2 nitrogen and oxygen atoms in total. The summed E-state index contributed by atoms with van der Waals surface area (Å²) < 4.78 is 5.57. The minimum atomic E-state index is -0.0347. The second-order valence-electron chi connectivity index (χ2n) is 3.72. The Kier molecular flexibility index (Phi) is 2.50. The number of hydrogen-bond donors (Lipinski definition) is 1. The average molecular weight is 173 g/mol. The fourth-order valence-corrected chi connectivity index (χ4v) is 1.68. The van der Waals surface area contributed by atoms with Crippen molar-refractivity contribution in [2.45, 2.75) is 38.8 Å². The molecule has 1 heterocycles. The highest BCUT2D eigenvalue weighted by molar-refractivity contribution is 7.80. The quantitative estimate of drug-likeness (QED) is 0.561. The lowest BCUT2D eigenvalue weighted by Crippen LogP contribution is -2.32. The normalized spacial score (nSPS) is 30.8. The monoisotopic (exact) mass is 173 g/mol. The smallest absolute Gasteiger partial charge is 0.102 e. The van der Waals surface area contributed by atoms with Crippen molar-refractivity contribution in [3.8, 4) is 0 Å². The Labute approximate surface area is 73.3 Å². The summed E-state index contributed by atoms with van der Waals surface area (Å²) in [5.41, 5.74) is -0.0347. The molecule has 0 aromatic rings. The van der Waals surface area contributed by atoms with Crippen molar-refractivity contribution in [2.24, 2.45) is 0 Å². The van der Waals surface area contributed by atoms with Crippen LogP contribution in [-0.2, 0) is 4.74 Å². The number of hydrogen-bond acceptors (Lipinski definition) is 2. The Morgan fingerprint density at radius 2 is 2.27 bits per heavy atom. The van der Waals surface area contributed by atoms with Crippen molar-refractivity contribution >= 4 is 17.2 Å². The second-order valence-corrected chi connectivity index (χ2v) is 4.21. The number of ether oxygens (including phenoxy) is 1. The maximum Gasteiger partial charge on any atom is 0.102 e. The van der Waals surface area contributed by atoms with Crippen molar-refractivity contribution in [1.29, 1.82) is 0 Å². The standard InChI is InChI=1S/C8H15NOS/c1-6-4-8(2,3)10-5-7(11)9-6/h6H,4-5H2,1-3H3,(H,9,11). The summed E-state index contributed by atoms with van der Waals surface area (Å²) in [4.78, 5) is 0.822. The molecule has 0 radical (unpaired) electrons. The lowest BCUT2D eigenvalue weighted by molar-refractivity contribution is 0.00139. The van der Waals surface area contributed by atoms with Crippen molar-refractivity contribution in [1.82, 2.24) is 5.32 Å². The Bertz CT molecular complexity index is 167. The summed E-state index contributed by atoms with van der Waals surface area (Å²) in [7, 11) is 0. The van der Waals surface area contributed by atoms with E-state index in [4.69, 9.17) is 17.0 Å². The van der Waals surface area contributed by atoms with E-state index in [1.165, 1.54) is 0 Å². The molecule has 1 aliphatic rings. The number of thiocarbonyl (C=S) groups is 1. The highest BCUT2D eigenvalue weighted by Crippen LogP contribution is 2.18. The molecule has 1 N–H and O–H groups in total. The molecule has 0 amide bonds. The van der Waals surface area contributed by atoms with E-state index in [1.54, 1.807) is 0 Å². The largest absolute Gasteiger partial charge is 0.375 e. The van der Waals surface area contributed by atoms with Crippen LogP contribution in [0.5, 0.6) is 0 Å². The van der Waals surface area contributed by atoms with Gasteiger partial charge in [-0.3, -0.25) is 0 Å². The molecule has 1 saturated heterocycles. The van der Waals surface area contributed by atoms with Crippen LogP contribution in [0.2, 0.25) is 0 Å². The molecule has 64 valence electrons. The number of rotatable bonds is 0. The van der Waals surface area contributed by atoms with Crippen molar-refractivity contribution in [2.75, 3.05) is 6.61 Å². The topological polar surface area (TPSA) is 21.3 Å². The van der Waals surface area contributed by atoms with Gasteiger partial charge in [-0.25, -0.2) is 0 Å². The third kappa shape index (κ3) is 2.75. The lowest BCUT2D eigenvalue weighted by Gasteiger charge is -2.23. The van der Waals surface area contributed by atoms with Crippen molar-refractivity contribution < 1.29 is 4.74 Å². The maximum absolute atomic E-state index is 5.57. The SMILES string of the molecule is CC1CC(C)(C)OCC(=S)N1. The zero-order valence-electron chi connectivity index (χ0n) is 7.31. The first-order valence-corrected chi connectivity index (χ1v) is 4.34. The molecule has 0 aromatic carbocycles. The van der Waals surface area contributed by atoms with E-state index in [0.717, 1.165) is 11.4 Å². The Morgan fingerprint density at radius 3 is 2.91 bits per heavy atom. The van der Waals surface area contributed by atoms with Gasteiger partial charge in [-0.2, -0.15) is 0 Å². The summed E-state index contributed by atoms with van der Waals surface area (Å²) in [5, 5.41) is 3.20. The number of nitrogens with one attached hydrogen (secondary N) is 1. The van der Waals surface area contributed by atoms with Crippen LogP contribution in [0.3, 0.4) is 0 Å². The van der Waals surface area contributed by atoms with Crippen LogP contribution >= 0.6 is 12.2 Å². The van der Waals surface area contributed by atoms with Gasteiger partial charge in [0.05, 0.1) is 12.2 Å². The summed E-state index contributed by atoms with van der Waals surface area (Å²) in [5.74, 6) is 0. The van der Waals surface area contributed by atoms with Gasteiger partial charge in [-0.15, -0.1) is 0 Å². The average Bonchev–Trinajstić information content (AvgIpc) is 1.90. The molecule has 3 heteroatoms. The van der Waals surface area contributed by atoms with Crippen LogP contribution < -0.4 is 5.32 Å². The van der Waals surface area contributed by atoms with Gasteiger partial charge in [0.1, 0.15) is 4.99 Å². The fraction of sp³-hybridized carbons (Fsp3) is 0.875. The van der Waals surface area contributed by atoms with Gasteiger partial charge < -0.3 is 10.1 Å². The molecular formula is C8H15NOS. The zero-order chi connectivity index (χ0) is 8.48.